The fourth-order valence-corrected chi connectivity index (χ4v) is 1.75. The van der Waals surface area contributed by atoms with Gasteiger partial charge in [0.2, 0.25) is 0 Å². The van der Waals surface area contributed by atoms with Gasteiger partial charge in [-0.15, -0.1) is 0 Å². The van der Waals surface area contributed by atoms with Crippen molar-refractivity contribution in [2.24, 2.45) is 0 Å². The Bertz CT molecular complexity index is 429. The van der Waals surface area contributed by atoms with Gasteiger partial charge in [0.25, 0.3) is 5.91 Å². The second-order valence-electron chi connectivity index (χ2n) is 4.78. The molecule has 0 aliphatic carbocycles. The summed E-state index contributed by atoms with van der Waals surface area (Å²) in [6, 6.07) is 5.47. The number of carbonyl (C=O) groups excluding carboxylic acids is 1. The number of hydrogen-bond acceptors (Lipinski definition) is 3. The number of nitrogens with zero attached hydrogens (tertiary/aromatic N) is 1. The van der Waals surface area contributed by atoms with E-state index in [4.69, 9.17) is 4.74 Å². The molecule has 1 rings (SSSR count). The van der Waals surface area contributed by atoms with Crippen LogP contribution in [0.3, 0.4) is 0 Å². The zero-order valence-corrected chi connectivity index (χ0v) is 12.1. The number of aliphatic hydroxyl groups is 1. The first-order valence-electron chi connectivity index (χ1n) is 6.62. The summed E-state index contributed by atoms with van der Waals surface area (Å²) < 4.78 is 5.49. The minimum Gasteiger partial charge on any atom is -0.494 e. The van der Waals surface area contributed by atoms with Crippen LogP contribution in [0.4, 0.5) is 0 Å². The van der Waals surface area contributed by atoms with E-state index >= 15 is 0 Å². The third-order valence-corrected chi connectivity index (χ3v) is 2.96. The summed E-state index contributed by atoms with van der Waals surface area (Å²) in [5.41, 5.74) is 1.63. The SMILES string of the molecule is CCOc1cc(C(=O)N(C)CCC(C)O)ccc1C. The summed E-state index contributed by atoms with van der Waals surface area (Å²) in [4.78, 5) is 13.8. The molecule has 0 bridgehead atoms. The van der Waals surface area contributed by atoms with Crippen LogP contribution in [0.1, 0.15) is 36.2 Å². The second kappa shape index (κ2) is 7.14. The van der Waals surface area contributed by atoms with Crippen LogP contribution in [0.2, 0.25) is 0 Å². The standard InChI is InChI=1S/C15H23NO3/c1-5-19-14-10-13(7-6-11(14)2)15(18)16(4)9-8-12(3)17/h6-7,10,12,17H,5,8-9H2,1-4H3. The number of benzene rings is 1. The predicted molar refractivity (Wildman–Crippen MR) is 75.6 cm³/mol. The number of aliphatic hydroxyl groups excluding tert-OH is 1. The zero-order chi connectivity index (χ0) is 14.4. The van der Waals surface area contributed by atoms with E-state index in [9.17, 15) is 9.90 Å². The lowest BCUT2D eigenvalue weighted by Gasteiger charge is -2.19. The van der Waals surface area contributed by atoms with Crippen molar-refractivity contribution >= 4 is 5.91 Å². The maximum absolute atomic E-state index is 12.2. The van der Waals surface area contributed by atoms with Crippen LogP contribution in [-0.2, 0) is 0 Å². The first kappa shape index (κ1) is 15.5. The Balaban J connectivity index is 2.78. The highest BCUT2D eigenvalue weighted by molar-refractivity contribution is 5.94. The number of rotatable bonds is 6. The van der Waals surface area contributed by atoms with Gasteiger partial charge in [-0.1, -0.05) is 6.07 Å². The number of ether oxygens (including phenoxy) is 1. The molecule has 19 heavy (non-hydrogen) atoms. The normalized spacial score (nSPS) is 12.1. The highest BCUT2D eigenvalue weighted by Crippen LogP contribution is 2.20. The molecule has 0 saturated heterocycles. The predicted octanol–water partition coefficient (Wildman–Crippen LogP) is 2.24. The Morgan fingerprint density at radius 2 is 2.16 bits per heavy atom. The summed E-state index contributed by atoms with van der Waals surface area (Å²) >= 11 is 0. The summed E-state index contributed by atoms with van der Waals surface area (Å²) in [5, 5.41) is 9.25. The minimum absolute atomic E-state index is 0.0541. The van der Waals surface area contributed by atoms with Crippen molar-refractivity contribution in [3.05, 3.63) is 29.3 Å². The van der Waals surface area contributed by atoms with E-state index < -0.39 is 6.10 Å². The first-order valence-corrected chi connectivity index (χ1v) is 6.62. The fourth-order valence-electron chi connectivity index (χ4n) is 1.75. The van der Waals surface area contributed by atoms with Gasteiger partial charge in [-0.25, -0.2) is 0 Å². The third kappa shape index (κ3) is 4.56. The highest BCUT2D eigenvalue weighted by Gasteiger charge is 2.13. The molecule has 1 atom stereocenters. The van der Waals surface area contributed by atoms with Crippen molar-refractivity contribution in [2.75, 3.05) is 20.2 Å². The topological polar surface area (TPSA) is 49.8 Å². The lowest BCUT2D eigenvalue weighted by Crippen LogP contribution is -2.29. The summed E-state index contributed by atoms with van der Waals surface area (Å²) in [7, 11) is 1.74. The Labute approximate surface area is 115 Å². The molecule has 1 aromatic rings. The molecule has 0 aliphatic rings. The monoisotopic (exact) mass is 265 g/mol. The Morgan fingerprint density at radius 3 is 2.74 bits per heavy atom. The molecule has 0 aromatic heterocycles. The van der Waals surface area contributed by atoms with E-state index in [2.05, 4.69) is 0 Å². The largest absolute Gasteiger partial charge is 0.494 e. The molecule has 106 valence electrons. The number of aryl methyl sites for hydroxylation is 1. The van der Waals surface area contributed by atoms with Gasteiger partial charge >= 0.3 is 0 Å². The van der Waals surface area contributed by atoms with Crippen LogP contribution in [0.25, 0.3) is 0 Å². The van der Waals surface area contributed by atoms with Crippen LogP contribution < -0.4 is 4.74 Å². The van der Waals surface area contributed by atoms with Gasteiger partial charge in [0.05, 0.1) is 12.7 Å². The van der Waals surface area contributed by atoms with E-state index in [1.54, 1.807) is 31.0 Å². The van der Waals surface area contributed by atoms with Crippen molar-refractivity contribution in [3.63, 3.8) is 0 Å². The lowest BCUT2D eigenvalue weighted by atomic mass is 10.1. The van der Waals surface area contributed by atoms with Gasteiger partial charge in [0.1, 0.15) is 5.75 Å². The van der Waals surface area contributed by atoms with E-state index in [1.807, 2.05) is 19.9 Å². The van der Waals surface area contributed by atoms with Gasteiger partial charge in [-0.3, -0.25) is 4.79 Å². The summed E-state index contributed by atoms with van der Waals surface area (Å²) in [5.74, 6) is 0.693. The molecular weight excluding hydrogens is 242 g/mol. The zero-order valence-electron chi connectivity index (χ0n) is 12.1. The second-order valence-corrected chi connectivity index (χ2v) is 4.78. The van der Waals surface area contributed by atoms with Crippen LogP contribution in [-0.4, -0.2) is 42.2 Å². The molecule has 1 amide bonds. The molecule has 0 saturated carbocycles. The maximum atomic E-state index is 12.2. The molecule has 1 unspecified atom stereocenters. The summed E-state index contributed by atoms with van der Waals surface area (Å²) in [6.07, 6.45) is 0.180. The molecule has 1 N–H and O–H groups in total. The number of carbonyl (C=O) groups is 1. The minimum atomic E-state index is -0.396. The van der Waals surface area contributed by atoms with Gasteiger partial charge in [0.15, 0.2) is 0 Å². The van der Waals surface area contributed by atoms with Crippen LogP contribution >= 0.6 is 0 Å². The molecule has 0 aliphatic heterocycles. The van der Waals surface area contributed by atoms with E-state index in [-0.39, 0.29) is 5.91 Å². The number of hydrogen-bond donors (Lipinski definition) is 1. The quantitative estimate of drug-likeness (QED) is 0.858. The van der Waals surface area contributed by atoms with Crippen LogP contribution in [0, 0.1) is 6.92 Å². The van der Waals surface area contributed by atoms with E-state index in [0.29, 0.717) is 25.1 Å². The molecule has 0 heterocycles. The maximum Gasteiger partial charge on any atom is 0.253 e. The van der Waals surface area contributed by atoms with Crippen molar-refractivity contribution in [1.29, 1.82) is 0 Å². The van der Waals surface area contributed by atoms with Crippen molar-refractivity contribution in [2.45, 2.75) is 33.3 Å². The molecule has 1 aromatic carbocycles. The third-order valence-electron chi connectivity index (χ3n) is 2.96. The van der Waals surface area contributed by atoms with Crippen molar-refractivity contribution in [3.8, 4) is 5.75 Å². The molecule has 4 nitrogen and oxygen atoms in total. The van der Waals surface area contributed by atoms with Gasteiger partial charge in [0, 0.05) is 19.2 Å². The van der Waals surface area contributed by atoms with Crippen LogP contribution in [0.15, 0.2) is 18.2 Å². The molecular formula is C15H23NO3. The lowest BCUT2D eigenvalue weighted by molar-refractivity contribution is 0.0768. The Morgan fingerprint density at radius 1 is 1.47 bits per heavy atom. The molecule has 0 fully saturated rings. The highest BCUT2D eigenvalue weighted by atomic mass is 16.5. The Hall–Kier alpha value is -1.55. The number of amides is 1. The molecule has 0 spiro atoms. The van der Waals surface area contributed by atoms with Gasteiger partial charge < -0.3 is 14.7 Å². The van der Waals surface area contributed by atoms with E-state index in [1.165, 1.54) is 0 Å². The average molecular weight is 265 g/mol. The molecule has 0 radical (unpaired) electrons. The first-order chi connectivity index (χ1) is 8.95. The Kier molecular flexibility index (Phi) is 5.83. The van der Waals surface area contributed by atoms with Gasteiger partial charge in [-0.2, -0.15) is 0 Å². The fraction of sp³-hybridized carbons (Fsp3) is 0.533. The molecule has 4 heteroatoms. The van der Waals surface area contributed by atoms with Crippen molar-refractivity contribution < 1.29 is 14.6 Å². The van der Waals surface area contributed by atoms with Crippen molar-refractivity contribution in [1.82, 2.24) is 4.90 Å². The summed E-state index contributed by atoms with van der Waals surface area (Å²) in [6.45, 7) is 6.71. The average Bonchev–Trinajstić information content (AvgIpc) is 2.38. The van der Waals surface area contributed by atoms with Gasteiger partial charge in [-0.05, 0) is 44.9 Å². The van der Waals surface area contributed by atoms with Crippen LogP contribution in [0.5, 0.6) is 5.75 Å². The smallest absolute Gasteiger partial charge is 0.253 e. The van der Waals surface area contributed by atoms with E-state index in [0.717, 1.165) is 11.3 Å².